The van der Waals surface area contributed by atoms with Gasteiger partial charge in [0, 0.05) is 6.54 Å². The molecule has 7 heteroatoms. The molecule has 3 N–H and O–H groups in total. The van der Waals surface area contributed by atoms with E-state index in [2.05, 4.69) is 4.72 Å². The van der Waals surface area contributed by atoms with E-state index in [0.29, 0.717) is 0 Å². The molecule has 0 saturated heterocycles. The van der Waals surface area contributed by atoms with Gasteiger partial charge in [0.2, 0.25) is 0 Å². The zero-order valence-corrected chi connectivity index (χ0v) is 12.8. The van der Waals surface area contributed by atoms with Gasteiger partial charge in [0.1, 0.15) is 5.82 Å². The smallest absolute Gasteiger partial charge is 0.261 e. The summed E-state index contributed by atoms with van der Waals surface area (Å²) in [7, 11) is -3.78. The van der Waals surface area contributed by atoms with E-state index in [-0.39, 0.29) is 22.2 Å². The number of benzene rings is 2. The fourth-order valence-electron chi connectivity index (χ4n) is 1.81. The highest BCUT2D eigenvalue weighted by Gasteiger charge is 2.16. The minimum atomic E-state index is -3.78. The average Bonchev–Trinajstić information content (AvgIpc) is 2.43. The molecule has 2 rings (SSSR count). The van der Waals surface area contributed by atoms with Crippen molar-refractivity contribution in [3.05, 3.63) is 58.4 Å². The summed E-state index contributed by atoms with van der Waals surface area (Å²) in [6, 6.07) is 8.31. The molecule has 4 nitrogen and oxygen atoms in total. The van der Waals surface area contributed by atoms with Crippen LogP contribution in [-0.4, -0.2) is 8.42 Å². The van der Waals surface area contributed by atoms with Gasteiger partial charge < -0.3 is 5.73 Å². The molecule has 0 unspecified atom stereocenters. The Hall–Kier alpha value is -1.63. The number of sulfonamides is 1. The van der Waals surface area contributed by atoms with Crippen molar-refractivity contribution in [3.8, 4) is 0 Å². The Labute approximate surface area is 127 Å². The molecule has 21 heavy (non-hydrogen) atoms. The lowest BCUT2D eigenvalue weighted by molar-refractivity contribution is 0.601. The summed E-state index contributed by atoms with van der Waals surface area (Å²) >= 11 is 5.63. The van der Waals surface area contributed by atoms with Crippen molar-refractivity contribution in [1.82, 2.24) is 0 Å². The maximum absolute atomic E-state index is 13.1. The predicted octanol–water partition coefficient (Wildman–Crippen LogP) is 3.05. The molecule has 2 aromatic carbocycles. The number of nitrogens with two attached hydrogens (primary N) is 1. The van der Waals surface area contributed by atoms with Crippen molar-refractivity contribution >= 4 is 27.3 Å². The summed E-state index contributed by atoms with van der Waals surface area (Å²) in [4.78, 5) is 0.0917. The van der Waals surface area contributed by atoms with Crippen molar-refractivity contribution in [2.24, 2.45) is 5.73 Å². The van der Waals surface area contributed by atoms with Gasteiger partial charge in [0.15, 0.2) is 0 Å². The largest absolute Gasteiger partial charge is 0.326 e. The van der Waals surface area contributed by atoms with Gasteiger partial charge in [0.05, 0.1) is 15.6 Å². The standard InChI is InChI=1S/C14H14ClFN2O2S/c1-9-2-4-12(6-10(9)8-17)21(19,20)18-11-3-5-14(16)13(15)7-11/h2-7,18H,8,17H2,1H3. The number of hydrogen-bond donors (Lipinski definition) is 2. The molecule has 0 radical (unpaired) electrons. The van der Waals surface area contributed by atoms with Crippen molar-refractivity contribution in [2.45, 2.75) is 18.4 Å². The number of nitrogens with one attached hydrogen (secondary N) is 1. The lowest BCUT2D eigenvalue weighted by Crippen LogP contribution is -2.14. The SMILES string of the molecule is Cc1ccc(S(=O)(=O)Nc2ccc(F)c(Cl)c2)cc1CN. The number of halogens is 2. The Balaban J connectivity index is 2.35. The first kappa shape index (κ1) is 15.8. The minimum absolute atomic E-state index is 0.0917. The Morgan fingerprint density at radius 1 is 1.24 bits per heavy atom. The number of anilines is 1. The molecule has 0 bridgehead atoms. The Kier molecular flexibility index (Phi) is 4.51. The van der Waals surface area contributed by atoms with Gasteiger partial charge >= 0.3 is 0 Å². The number of hydrogen-bond acceptors (Lipinski definition) is 3. The van der Waals surface area contributed by atoms with Crippen LogP contribution >= 0.6 is 11.6 Å². The minimum Gasteiger partial charge on any atom is -0.326 e. The first-order valence-corrected chi connectivity index (χ1v) is 7.97. The summed E-state index contributed by atoms with van der Waals surface area (Å²) in [5.74, 6) is -0.611. The van der Waals surface area contributed by atoms with Gasteiger partial charge in [-0.15, -0.1) is 0 Å². The summed E-state index contributed by atoms with van der Waals surface area (Å²) in [5.41, 5.74) is 7.43. The summed E-state index contributed by atoms with van der Waals surface area (Å²) in [6.07, 6.45) is 0. The van der Waals surface area contributed by atoms with Crippen LogP contribution in [0, 0.1) is 12.7 Å². The first-order valence-electron chi connectivity index (χ1n) is 6.11. The predicted molar refractivity (Wildman–Crippen MR) is 81.3 cm³/mol. The molecule has 2 aromatic rings. The summed E-state index contributed by atoms with van der Waals surface area (Å²) in [5, 5.41) is -0.151. The zero-order chi connectivity index (χ0) is 15.6. The average molecular weight is 329 g/mol. The fraction of sp³-hybridized carbons (Fsp3) is 0.143. The number of aryl methyl sites for hydroxylation is 1. The van der Waals surface area contributed by atoms with Crippen LogP contribution in [0.2, 0.25) is 5.02 Å². The Bertz CT molecular complexity index is 779. The molecule has 0 aromatic heterocycles. The van der Waals surface area contributed by atoms with E-state index in [4.69, 9.17) is 17.3 Å². The summed E-state index contributed by atoms with van der Waals surface area (Å²) in [6.45, 7) is 2.10. The van der Waals surface area contributed by atoms with Crippen LogP contribution in [0.3, 0.4) is 0 Å². The van der Waals surface area contributed by atoms with Crippen molar-refractivity contribution < 1.29 is 12.8 Å². The third-order valence-corrected chi connectivity index (χ3v) is 4.69. The highest BCUT2D eigenvalue weighted by Crippen LogP contribution is 2.23. The highest BCUT2D eigenvalue weighted by atomic mass is 35.5. The normalized spacial score (nSPS) is 11.4. The Morgan fingerprint density at radius 3 is 2.57 bits per heavy atom. The summed E-state index contributed by atoms with van der Waals surface area (Å²) < 4.78 is 40.0. The molecular formula is C14H14ClFN2O2S. The third kappa shape index (κ3) is 3.53. The van der Waals surface area contributed by atoms with Crippen molar-refractivity contribution in [2.75, 3.05) is 4.72 Å². The van der Waals surface area contributed by atoms with E-state index in [1.807, 2.05) is 6.92 Å². The van der Waals surface area contributed by atoms with Crippen LogP contribution in [0.4, 0.5) is 10.1 Å². The van der Waals surface area contributed by atoms with Gasteiger partial charge in [-0.2, -0.15) is 0 Å². The van der Waals surface area contributed by atoms with Gasteiger partial charge in [-0.25, -0.2) is 12.8 Å². The molecule has 0 fully saturated rings. The molecule has 0 spiro atoms. The quantitative estimate of drug-likeness (QED) is 0.906. The van der Waals surface area contributed by atoms with E-state index < -0.39 is 15.8 Å². The molecule has 0 aliphatic rings. The molecule has 112 valence electrons. The topological polar surface area (TPSA) is 72.2 Å². The second-order valence-corrected chi connectivity index (χ2v) is 6.62. The highest BCUT2D eigenvalue weighted by molar-refractivity contribution is 7.92. The lowest BCUT2D eigenvalue weighted by atomic mass is 10.1. The van der Waals surface area contributed by atoms with Crippen LogP contribution in [-0.2, 0) is 16.6 Å². The van der Waals surface area contributed by atoms with E-state index >= 15 is 0 Å². The van der Waals surface area contributed by atoms with Gasteiger partial charge in [-0.1, -0.05) is 17.7 Å². The lowest BCUT2D eigenvalue weighted by Gasteiger charge is -2.11. The maximum Gasteiger partial charge on any atom is 0.261 e. The van der Waals surface area contributed by atoms with E-state index in [0.717, 1.165) is 17.2 Å². The van der Waals surface area contributed by atoms with Crippen LogP contribution < -0.4 is 10.5 Å². The molecule has 0 atom stereocenters. The molecule has 0 aliphatic carbocycles. The Morgan fingerprint density at radius 2 is 1.95 bits per heavy atom. The third-order valence-electron chi connectivity index (χ3n) is 3.02. The maximum atomic E-state index is 13.1. The second kappa shape index (κ2) is 6.01. The monoisotopic (exact) mass is 328 g/mol. The first-order chi connectivity index (χ1) is 9.83. The van der Waals surface area contributed by atoms with E-state index in [1.165, 1.54) is 24.3 Å². The van der Waals surface area contributed by atoms with Crippen LogP contribution in [0.5, 0.6) is 0 Å². The second-order valence-electron chi connectivity index (χ2n) is 4.53. The molecule has 0 amide bonds. The van der Waals surface area contributed by atoms with E-state index in [9.17, 15) is 12.8 Å². The van der Waals surface area contributed by atoms with Gasteiger partial charge in [-0.3, -0.25) is 4.72 Å². The van der Waals surface area contributed by atoms with Crippen LogP contribution in [0.15, 0.2) is 41.3 Å². The van der Waals surface area contributed by atoms with Crippen LogP contribution in [0.25, 0.3) is 0 Å². The van der Waals surface area contributed by atoms with Gasteiger partial charge in [-0.05, 0) is 48.4 Å². The molecular weight excluding hydrogens is 315 g/mol. The van der Waals surface area contributed by atoms with Crippen molar-refractivity contribution in [1.29, 1.82) is 0 Å². The zero-order valence-electron chi connectivity index (χ0n) is 11.2. The van der Waals surface area contributed by atoms with Crippen LogP contribution in [0.1, 0.15) is 11.1 Å². The molecule has 0 saturated carbocycles. The van der Waals surface area contributed by atoms with E-state index in [1.54, 1.807) is 6.07 Å². The fourth-order valence-corrected chi connectivity index (χ4v) is 3.09. The molecule has 0 aliphatic heterocycles. The van der Waals surface area contributed by atoms with Crippen molar-refractivity contribution in [3.63, 3.8) is 0 Å². The van der Waals surface area contributed by atoms with Gasteiger partial charge in [0.25, 0.3) is 10.0 Å². The molecule has 0 heterocycles. The number of rotatable bonds is 4.